The Labute approximate surface area is 191 Å². The highest BCUT2D eigenvalue weighted by molar-refractivity contribution is 5.64. The van der Waals surface area contributed by atoms with Gasteiger partial charge < -0.3 is 9.47 Å². The molecule has 0 aliphatic heterocycles. The minimum atomic E-state index is 0.150. The molecule has 1 unspecified atom stereocenters. The Morgan fingerprint density at radius 1 is 0.581 bits per heavy atom. The lowest BCUT2D eigenvalue weighted by Crippen LogP contribution is -2.01. The second kappa shape index (κ2) is 15.9. The number of hydrogen-bond acceptors (Lipinski definition) is 2. The highest BCUT2D eigenvalue weighted by atomic mass is 16.5. The zero-order valence-electron chi connectivity index (χ0n) is 20.2. The second-order valence-electron chi connectivity index (χ2n) is 8.69. The molecular weight excluding hydrogens is 380 g/mol. The van der Waals surface area contributed by atoms with Gasteiger partial charge in [0, 0.05) is 6.61 Å². The van der Waals surface area contributed by atoms with Crippen LogP contribution in [-0.4, -0.2) is 13.2 Å². The molecule has 2 nitrogen and oxygen atoms in total. The summed E-state index contributed by atoms with van der Waals surface area (Å²) in [6, 6.07) is 17.1. The van der Waals surface area contributed by atoms with E-state index >= 15 is 0 Å². The van der Waals surface area contributed by atoms with Crippen molar-refractivity contribution in [3.63, 3.8) is 0 Å². The maximum Gasteiger partial charge on any atom is 0.119 e. The summed E-state index contributed by atoms with van der Waals surface area (Å²) in [6.07, 6.45) is 14.8. The van der Waals surface area contributed by atoms with Crippen LogP contribution in [0.15, 0.2) is 48.5 Å². The first-order valence-electron chi connectivity index (χ1n) is 12.7. The third-order valence-corrected chi connectivity index (χ3v) is 5.91. The topological polar surface area (TPSA) is 18.5 Å². The first-order valence-corrected chi connectivity index (χ1v) is 12.7. The maximum atomic E-state index is 6.08. The number of unbranched alkanes of at least 4 members (excludes halogenated alkanes) is 9. The molecule has 2 heteroatoms. The molecular formula is C29H44O2. The molecule has 0 aromatic heterocycles. The van der Waals surface area contributed by atoms with Gasteiger partial charge in [0.1, 0.15) is 5.75 Å². The summed E-state index contributed by atoms with van der Waals surface area (Å²) >= 11 is 0. The molecule has 172 valence electrons. The van der Waals surface area contributed by atoms with Crippen molar-refractivity contribution >= 4 is 0 Å². The summed E-state index contributed by atoms with van der Waals surface area (Å²) in [7, 11) is 0. The number of benzene rings is 2. The van der Waals surface area contributed by atoms with Crippen molar-refractivity contribution in [2.24, 2.45) is 0 Å². The third-order valence-electron chi connectivity index (χ3n) is 5.91. The standard InChI is InChI=1S/C29H44O2/c1-4-6-7-8-9-10-11-12-13-14-24-30-25(3)26-15-17-27(18-16-26)28-19-21-29(22-20-28)31-23-5-2/h15-22,25H,4-14,23-24H2,1-3H3. The summed E-state index contributed by atoms with van der Waals surface area (Å²) in [6.45, 7) is 8.19. The van der Waals surface area contributed by atoms with Gasteiger partial charge in [-0.2, -0.15) is 0 Å². The fraction of sp³-hybridized carbons (Fsp3) is 0.586. The van der Waals surface area contributed by atoms with Crippen molar-refractivity contribution in [1.29, 1.82) is 0 Å². The molecule has 0 N–H and O–H groups in total. The van der Waals surface area contributed by atoms with Crippen LogP contribution in [0.25, 0.3) is 11.1 Å². The molecule has 0 aliphatic rings. The quantitative estimate of drug-likeness (QED) is 0.236. The van der Waals surface area contributed by atoms with E-state index in [4.69, 9.17) is 9.47 Å². The molecule has 2 rings (SSSR count). The van der Waals surface area contributed by atoms with Gasteiger partial charge in [0.25, 0.3) is 0 Å². The normalized spacial score (nSPS) is 12.1. The molecule has 0 saturated carbocycles. The van der Waals surface area contributed by atoms with Gasteiger partial charge in [-0.3, -0.25) is 0 Å². The average Bonchev–Trinajstić information content (AvgIpc) is 2.81. The molecule has 2 aromatic rings. The number of ether oxygens (including phenoxy) is 2. The Bertz CT molecular complexity index is 675. The Morgan fingerprint density at radius 2 is 1.10 bits per heavy atom. The molecule has 0 heterocycles. The molecule has 1 atom stereocenters. The Hall–Kier alpha value is -1.80. The van der Waals surface area contributed by atoms with Crippen LogP contribution in [0.5, 0.6) is 5.75 Å². The lowest BCUT2D eigenvalue weighted by atomic mass is 10.0. The summed E-state index contributed by atoms with van der Waals surface area (Å²) in [5, 5.41) is 0. The predicted molar refractivity (Wildman–Crippen MR) is 134 cm³/mol. The van der Waals surface area contributed by atoms with E-state index in [-0.39, 0.29) is 6.10 Å². The molecule has 0 radical (unpaired) electrons. The van der Waals surface area contributed by atoms with E-state index in [0.29, 0.717) is 0 Å². The second-order valence-corrected chi connectivity index (χ2v) is 8.69. The van der Waals surface area contributed by atoms with E-state index in [1.165, 1.54) is 80.9 Å². The summed E-state index contributed by atoms with van der Waals surface area (Å²) in [5.74, 6) is 0.941. The maximum absolute atomic E-state index is 6.08. The van der Waals surface area contributed by atoms with Crippen molar-refractivity contribution in [2.45, 2.75) is 97.5 Å². The third kappa shape index (κ3) is 10.4. The highest BCUT2D eigenvalue weighted by Crippen LogP contribution is 2.25. The molecule has 2 aromatic carbocycles. The zero-order chi connectivity index (χ0) is 22.2. The summed E-state index contributed by atoms with van der Waals surface area (Å²) in [5.41, 5.74) is 3.70. The van der Waals surface area contributed by atoms with E-state index in [1.54, 1.807) is 0 Å². The fourth-order valence-corrected chi connectivity index (χ4v) is 3.86. The van der Waals surface area contributed by atoms with E-state index in [1.807, 2.05) is 0 Å². The van der Waals surface area contributed by atoms with Gasteiger partial charge in [0.05, 0.1) is 12.7 Å². The Balaban J connectivity index is 1.62. The number of rotatable bonds is 17. The van der Waals surface area contributed by atoms with Crippen LogP contribution in [0.3, 0.4) is 0 Å². The molecule has 0 fully saturated rings. The van der Waals surface area contributed by atoms with Gasteiger partial charge in [0.15, 0.2) is 0 Å². The minimum Gasteiger partial charge on any atom is -0.494 e. The highest BCUT2D eigenvalue weighted by Gasteiger charge is 2.06. The summed E-state index contributed by atoms with van der Waals surface area (Å²) < 4.78 is 11.8. The van der Waals surface area contributed by atoms with Gasteiger partial charge in [-0.05, 0) is 48.6 Å². The first kappa shape index (κ1) is 25.5. The SMILES string of the molecule is CCCCCCCCCCCCOC(C)c1ccc(-c2ccc(OCCC)cc2)cc1. The van der Waals surface area contributed by atoms with E-state index in [0.717, 1.165) is 25.4 Å². The lowest BCUT2D eigenvalue weighted by molar-refractivity contribution is 0.0627. The Kier molecular flexibility index (Phi) is 13.1. The van der Waals surface area contributed by atoms with Crippen molar-refractivity contribution in [3.05, 3.63) is 54.1 Å². The van der Waals surface area contributed by atoms with Crippen LogP contribution in [0.4, 0.5) is 0 Å². The lowest BCUT2D eigenvalue weighted by Gasteiger charge is -2.14. The Morgan fingerprint density at radius 3 is 1.65 bits per heavy atom. The molecule has 0 bridgehead atoms. The molecule has 0 aliphatic carbocycles. The predicted octanol–water partition coefficient (Wildman–Crippen LogP) is 9.14. The first-order chi connectivity index (χ1) is 15.2. The largest absolute Gasteiger partial charge is 0.494 e. The van der Waals surface area contributed by atoms with Crippen LogP contribution in [0.1, 0.15) is 103 Å². The van der Waals surface area contributed by atoms with Crippen LogP contribution in [0.2, 0.25) is 0 Å². The van der Waals surface area contributed by atoms with Gasteiger partial charge in [0.2, 0.25) is 0 Å². The van der Waals surface area contributed by atoms with E-state index in [9.17, 15) is 0 Å². The average molecular weight is 425 g/mol. The van der Waals surface area contributed by atoms with Crippen LogP contribution in [-0.2, 0) is 4.74 Å². The van der Waals surface area contributed by atoms with E-state index < -0.39 is 0 Å². The van der Waals surface area contributed by atoms with Crippen molar-refractivity contribution < 1.29 is 9.47 Å². The van der Waals surface area contributed by atoms with Gasteiger partial charge in [-0.25, -0.2) is 0 Å². The van der Waals surface area contributed by atoms with Gasteiger partial charge in [-0.15, -0.1) is 0 Å². The molecule has 0 spiro atoms. The zero-order valence-corrected chi connectivity index (χ0v) is 20.2. The van der Waals surface area contributed by atoms with Gasteiger partial charge >= 0.3 is 0 Å². The fourth-order valence-electron chi connectivity index (χ4n) is 3.86. The van der Waals surface area contributed by atoms with E-state index in [2.05, 4.69) is 69.3 Å². The molecule has 0 amide bonds. The van der Waals surface area contributed by atoms with Crippen LogP contribution in [0, 0.1) is 0 Å². The van der Waals surface area contributed by atoms with Crippen molar-refractivity contribution in [3.8, 4) is 16.9 Å². The molecule has 31 heavy (non-hydrogen) atoms. The van der Waals surface area contributed by atoms with Crippen molar-refractivity contribution in [2.75, 3.05) is 13.2 Å². The number of hydrogen-bond donors (Lipinski definition) is 0. The monoisotopic (exact) mass is 424 g/mol. The molecule has 0 saturated heterocycles. The minimum absolute atomic E-state index is 0.150. The summed E-state index contributed by atoms with van der Waals surface area (Å²) in [4.78, 5) is 0. The van der Waals surface area contributed by atoms with Crippen LogP contribution < -0.4 is 4.74 Å². The van der Waals surface area contributed by atoms with Crippen molar-refractivity contribution in [1.82, 2.24) is 0 Å². The van der Waals surface area contributed by atoms with Crippen LogP contribution >= 0.6 is 0 Å². The van der Waals surface area contributed by atoms with Gasteiger partial charge in [-0.1, -0.05) is 108 Å². The smallest absolute Gasteiger partial charge is 0.119 e.